The van der Waals surface area contributed by atoms with E-state index in [0.29, 0.717) is 0 Å². The van der Waals surface area contributed by atoms with Gasteiger partial charge in [-0.05, 0) is 22.6 Å². The zero-order chi connectivity index (χ0) is 31.1. The smallest absolute Gasteiger partial charge is 0.417 e. The van der Waals surface area contributed by atoms with Crippen molar-refractivity contribution in [2.75, 3.05) is 17.7 Å². The van der Waals surface area contributed by atoms with E-state index >= 15 is 0 Å². The molecule has 0 aliphatic carbocycles. The summed E-state index contributed by atoms with van der Waals surface area (Å²) in [5, 5.41) is 5.84. The third-order valence-electron chi connectivity index (χ3n) is 5.62. The van der Waals surface area contributed by atoms with Gasteiger partial charge in [0.2, 0.25) is 0 Å². The molecule has 7 nitrogen and oxygen atoms in total. The summed E-state index contributed by atoms with van der Waals surface area (Å²) in [6.07, 6.45) is -4.96. The Hall–Kier alpha value is -3.21. The first-order chi connectivity index (χ1) is 18.9. The van der Waals surface area contributed by atoms with Gasteiger partial charge in [0.1, 0.15) is 87.8 Å². The molecule has 0 aliphatic rings. The molecule has 0 bridgehead atoms. The van der Waals surface area contributed by atoms with Gasteiger partial charge in [-0.15, -0.1) is 0 Å². The van der Waals surface area contributed by atoms with Crippen molar-refractivity contribution in [3.63, 3.8) is 0 Å². The molecule has 0 saturated heterocycles. The van der Waals surface area contributed by atoms with Crippen LogP contribution in [0.5, 0.6) is 11.5 Å². The number of ether oxygens (including phenoxy) is 1. The summed E-state index contributed by atoms with van der Waals surface area (Å²) in [7, 11) is 54.6. The Labute approximate surface area is 249 Å². The van der Waals surface area contributed by atoms with Crippen molar-refractivity contribution >= 4 is 155 Å². The zero-order valence-electron chi connectivity index (χ0n) is 21.0. The van der Waals surface area contributed by atoms with Gasteiger partial charge in [-0.25, -0.2) is 4.79 Å². The lowest BCUT2D eigenvalue weighted by atomic mass is 9.68. The van der Waals surface area contributed by atoms with Gasteiger partial charge in [0.25, 0.3) is 5.91 Å². The number of rotatable bonds is 5. The van der Waals surface area contributed by atoms with E-state index < -0.39 is 39.9 Å². The van der Waals surface area contributed by atoms with Crippen LogP contribution in [-0.2, 0) is 6.18 Å². The predicted molar refractivity (Wildman–Crippen MR) is 162 cm³/mol. The SMILES string of the molecule is [B]c1cc(Cl)c(C(F)(F)F)c([B])c1NC(=O)Nc1c([B])c([B])c(Oc2c([B])c([B])nc(C(=O)NC)c2[B])c([B])c1[B]. The van der Waals surface area contributed by atoms with Crippen molar-refractivity contribution in [2.24, 2.45) is 0 Å². The number of urea groups is 1. The minimum atomic E-state index is -4.96. The minimum Gasteiger partial charge on any atom is -0.460 e. The Kier molecular flexibility index (Phi) is 9.42. The fourth-order valence-corrected chi connectivity index (χ4v) is 3.86. The number of pyridine rings is 1. The van der Waals surface area contributed by atoms with Crippen LogP contribution in [0.4, 0.5) is 29.3 Å². The van der Waals surface area contributed by atoms with Crippen LogP contribution in [-0.4, -0.2) is 94.6 Å². The van der Waals surface area contributed by atoms with Crippen LogP contribution in [0, 0.1) is 0 Å². The molecule has 1 heterocycles. The molecule has 1 aromatic heterocycles. The summed E-state index contributed by atoms with van der Waals surface area (Å²) in [5.74, 6) is -1.44. The number of carbonyl (C=O) groups is 2. The number of amides is 3. The molecular formula is C21H7B9ClF3N4O3. The van der Waals surface area contributed by atoms with Gasteiger partial charge in [-0.3, -0.25) is 9.78 Å². The number of aromatic nitrogens is 1. The summed E-state index contributed by atoms with van der Waals surface area (Å²) in [6.45, 7) is 0. The van der Waals surface area contributed by atoms with E-state index in [-0.39, 0.29) is 66.7 Å². The van der Waals surface area contributed by atoms with Crippen molar-refractivity contribution in [3.8, 4) is 11.5 Å². The molecular weight excluding hydrogens is 546 g/mol. The predicted octanol–water partition coefficient (Wildman–Crippen LogP) is -5.31. The molecule has 41 heavy (non-hydrogen) atoms. The second-order valence-corrected chi connectivity index (χ2v) is 8.64. The molecule has 2 aromatic carbocycles. The number of carbonyl (C=O) groups excluding carboxylic acids is 2. The third kappa shape index (κ3) is 6.20. The highest BCUT2D eigenvalue weighted by Crippen LogP contribution is 2.33. The Bertz CT molecular complexity index is 1580. The summed E-state index contributed by atoms with van der Waals surface area (Å²) < 4.78 is 45.9. The molecule has 3 rings (SSSR count). The topological polar surface area (TPSA) is 92.3 Å². The number of nitrogens with zero attached hydrogens (tertiary/aromatic N) is 1. The Morgan fingerprint density at radius 2 is 1.32 bits per heavy atom. The molecule has 0 spiro atoms. The minimum absolute atomic E-state index is 0.274. The van der Waals surface area contributed by atoms with E-state index in [0.717, 1.165) is 6.07 Å². The molecule has 18 radical (unpaired) electrons. The Morgan fingerprint density at radius 1 is 0.805 bits per heavy atom. The Balaban J connectivity index is 2.02. The van der Waals surface area contributed by atoms with E-state index in [9.17, 15) is 22.8 Å². The largest absolute Gasteiger partial charge is 0.460 e. The average Bonchev–Trinajstić information content (AvgIpc) is 2.88. The summed E-state index contributed by atoms with van der Waals surface area (Å²) in [5.41, 5.74) is -6.44. The van der Waals surface area contributed by atoms with E-state index in [4.69, 9.17) is 87.0 Å². The number of hydrogen-bond acceptors (Lipinski definition) is 4. The van der Waals surface area contributed by atoms with Crippen molar-refractivity contribution in [3.05, 3.63) is 22.3 Å². The van der Waals surface area contributed by atoms with Gasteiger partial charge in [-0.1, -0.05) is 44.4 Å². The standard InChI is InChI=1S/C21H7B9ClF3N4O3/c1-35-19(39)15-11(28)17(12(29)18(30)36-15)41-16-9(26)7(24)14(8(25)10(16)27)38-20(40)37-13-3(22)2-4(31)5(6(13)23)21(32,33)34/h2H,1H3,(H,35,39)(H2,37,38,40). The lowest BCUT2D eigenvalue weighted by Crippen LogP contribution is -2.46. The lowest BCUT2D eigenvalue weighted by molar-refractivity contribution is -0.136. The van der Waals surface area contributed by atoms with E-state index in [1.165, 1.54) is 7.05 Å². The molecule has 0 fully saturated rings. The molecule has 3 aromatic rings. The van der Waals surface area contributed by atoms with Gasteiger partial charge in [-0.2, -0.15) is 13.2 Å². The van der Waals surface area contributed by atoms with Gasteiger partial charge in [0, 0.05) is 18.4 Å². The summed E-state index contributed by atoms with van der Waals surface area (Å²) >= 11 is 5.64. The molecule has 0 aliphatic heterocycles. The number of halogens is 4. The maximum absolute atomic E-state index is 13.4. The molecule has 3 amide bonds. The molecule has 3 N–H and O–H groups in total. The first kappa shape index (κ1) is 32.3. The van der Waals surface area contributed by atoms with Gasteiger partial charge < -0.3 is 20.7 Å². The zero-order valence-corrected chi connectivity index (χ0v) is 21.7. The molecule has 0 atom stereocenters. The first-order valence-electron chi connectivity index (χ1n) is 10.9. The average molecular weight is 553 g/mol. The van der Waals surface area contributed by atoms with Crippen LogP contribution in [0.15, 0.2) is 6.07 Å². The number of nitrogens with one attached hydrogen (secondary N) is 3. The van der Waals surface area contributed by atoms with Crippen LogP contribution in [0.1, 0.15) is 16.1 Å². The van der Waals surface area contributed by atoms with E-state index in [2.05, 4.69) is 20.9 Å². The normalized spacial score (nSPS) is 11.1. The van der Waals surface area contributed by atoms with Crippen LogP contribution in [0.25, 0.3) is 0 Å². The number of alkyl halides is 3. The van der Waals surface area contributed by atoms with E-state index in [1.54, 1.807) is 0 Å². The fraction of sp³-hybridized carbons (Fsp3) is 0.0952. The maximum Gasteiger partial charge on any atom is 0.417 e. The monoisotopic (exact) mass is 554 g/mol. The number of benzene rings is 2. The van der Waals surface area contributed by atoms with Crippen molar-refractivity contribution in [1.82, 2.24) is 10.3 Å². The van der Waals surface area contributed by atoms with Gasteiger partial charge in [0.05, 0.1) is 10.6 Å². The highest BCUT2D eigenvalue weighted by molar-refractivity contribution is 6.62. The van der Waals surface area contributed by atoms with Crippen LogP contribution >= 0.6 is 11.6 Å². The van der Waals surface area contributed by atoms with Crippen LogP contribution in [0.3, 0.4) is 0 Å². The van der Waals surface area contributed by atoms with Crippen LogP contribution < -0.4 is 70.0 Å². The third-order valence-corrected chi connectivity index (χ3v) is 5.91. The highest BCUT2D eigenvalue weighted by atomic mass is 35.5. The summed E-state index contributed by atoms with van der Waals surface area (Å²) in [6, 6.07) is -0.421. The molecule has 0 saturated carbocycles. The van der Waals surface area contributed by atoms with Gasteiger partial charge in [0.15, 0.2) is 0 Å². The van der Waals surface area contributed by atoms with Crippen molar-refractivity contribution in [2.45, 2.75) is 6.18 Å². The number of hydrogen-bond donors (Lipinski definition) is 3. The Morgan fingerprint density at radius 3 is 1.83 bits per heavy atom. The molecule has 20 heteroatoms. The van der Waals surface area contributed by atoms with Crippen molar-refractivity contribution < 1.29 is 27.5 Å². The lowest BCUT2D eigenvalue weighted by Gasteiger charge is -2.25. The highest BCUT2D eigenvalue weighted by Gasteiger charge is 2.36. The number of anilines is 2. The molecule has 184 valence electrons. The fourth-order valence-electron chi connectivity index (χ4n) is 3.54. The second kappa shape index (κ2) is 12.0. The van der Waals surface area contributed by atoms with Gasteiger partial charge >= 0.3 is 12.2 Å². The molecule has 0 unspecified atom stereocenters. The quantitative estimate of drug-likeness (QED) is 0.276. The van der Waals surface area contributed by atoms with Crippen LogP contribution in [0.2, 0.25) is 5.02 Å². The maximum atomic E-state index is 13.4. The summed E-state index contributed by atoms with van der Waals surface area (Å²) in [4.78, 5) is 28.7. The first-order valence-corrected chi connectivity index (χ1v) is 11.3. The second-order valence-electron chi connectivity index (χ2n) is 8.23. The van der Waals surface area contributed by atoms with E-state index in [1.807, 2.05) is 0 Å². The van der Waals surface area contributed by atoms with Crippen molar-refractivity contribution in [1.29, 1.82) is 0 Å².